The van der Waals surface area contributed by atoms with Crippen molar-refractivity contribution in [3.8, 4) is 0 Å². The smallest absolute Gasteiger partial charge is 0.311 e. The maximum atomic E-state index is 11.6. The summed E-state index contributed by atoms with van der Waals surface area (Å²) >= 11 is 0. The molecule has 16 heavy (non-hydrogen) atoms. The van der Waals surface area contributed by atoms with Gasteiger partial charge in [-0.05, 0) is 6.54 Å². The van der Waals surface area contributed by atoms with Crippen molar-refractivity contribution in [2.45, 2.75) is 6.92 Å². The van der Waals surface area contributed by atoms with Crippen molar-refractivity contribution in [1.82, 2.24) is 15.1 Å². The molecule has 92 valence electrons. The van der Waals surface area contributed by atoms with Crippen molar-refractivity contribution in [3.63, 3.8) is 0 Å². The molecule has 1 heterocycles. The normalized spacial score (nSPS) is 17.2. The first-order valence-electron chi connectivity index (χ1n) is 5.59. The van der Waals surface area contributed by atoms with Gasteiger partial charge in [0.2, 0.25) is 0 Å². The Morgan fingerprint density at radius 1 is 1.25 bits per heavy atom. The standard InChI is InChI=1S/C10H19N3O3/c1-2-12-4-6-13(7-5-12)10(16)9(15)11-3-8-14/h14H,2-8H2,1H3,(H,11,15). The van der Waals surface area contributed by atoms with Crippen LogP contribution in [-0.4, -0.2) is 72.6 Å². The number of aliphatic hydroxyl groups excluding tert-OH is 1. The minimum Gasteiger partial charge on any atom is -0.395 e. The summed E-state index contributed by atoms with van der Waals surface area (Å²) in [6, 6.07) is 0. The zero-order chi connectivity index (χ0) is 12.0. The second-order valence-corrected chi connectivity index (χ2v) is 3.71. The van der Waals surface area contributed by atoms with E-state index < -0.39 is 11.8 Å². The first-order valence-corrected chi connectivity index (χ1v) is 5.59. The fraction of sp³-hybridized carbons (Fsp3) is 0.800. The lowest BCUT2D eigenvalue weighted by molar-refractivity contribution is -0.147. The monoisotopic (exact) mass is 229 g/mol. The third-order valence-electron chi connectivity index (χ3n) is 2.70. The van der Waals surface area contributed by atoms with Gasteiger partial charge in [0.25, 0.3) is 0 Å². The molecule has 0 unspecified atom stereocenters. The van der Waals surface area contributed by atoms with E-state index >= 15 is 0 Å². The summed E-state index contributed by atoms with van der Waals surface area (Å²) in [5, 5.41) is 10.9. The van der Waals surface area contributed by atoms with Gasteiger partial charge in [0.1, 0.15) is 0 Å². The van der Waals surface area contributed by atoms with Crippen LogP contribution in [0, 0.1) is 0 Å². The Balaban J connectivity index is 2.35. The van der Waals surface area contributed by atoms with Gasteiger partial charge in [-0.2, -0.15) is 0 Å². The van der Waals surface area contributed by atoms with Gasteiger partial charge in [0, 0.05) is 32.7 Å². The van der Waals surface area contributed by atoms with Gasteiger partial charge in [-0.1, -0.05) is 6.92 Å². The Morgan fingerprint density at radius 2 is 1.88 bits per heavy atom. The molecule has 0 atom stereocenters. The topological polar surface area (TPSA) is 72.9 Å². The third-order valence-corrected chi connectivity index (χ3v) is 2.70. The average Bonchev–Trinajstić information content (AvgIpc) is 2.35. The Hall–Kier alpha value is -1.14. The van der Waals surface area contributed by atoms with Gasteiger partial charge >= 0.3 is 11.8 Å². The van der Waals surface area contributed by atoms with Crippen LogP contribution in [0.25, 0.3) is 0 Å². The lowest BCUT2D eigenvalue weighted by Gasteiger charge is -2.33. The van der Waals surface area contributed by atoms with Crippen LogP contribution >= 0.6 is 0 Å². The molecule has 0 bridgehead atoms. The molecular formula is C10H19N3O3. The third kappa shape index (κ3) is 3.46. The summed E-state index contributed by atoms with van der Waals surface area (Å²) in [6.07, 6.45) is 0. The van der Waals surface area contributed by atoms with Crippen molar-refractivity contribution >= 4 is 11.8 Å². The Bertz CT molecular complexity index is 250. The Kier molecular flexibility index (Phi) is 5.21. The number of piperazine rings is 1. The number of hydrogen-bond donors (Lipinski definition) is 2. The molecule has 0 aromatic heterocycles. The maximum absolute atomic E-state index is 11.6. The number of nitrogens with zero attached hydrogens (tertiary/aromatic N) is 2. The quantitative estimate of drug-likeness (QED) is 0.563. The van der Waals surface area contributed by atoms with E-state index in [2.05, 4.69) is 17.1 Å². The molecule has 6 nitrogen and oxygen atoms in total. The number of hydrogen-bond acceptors (Lipinski definition) is 4. The first kappa shape index (κ1) is 12.9. The van der Waals surface area contributed by atoms with E-state index in [-0.39, 0.29) is 13.2 Å². The average molecular weight is 229 g/mol. The van der Waals surface area contributed by atoms with Gasteiger partial charge in [-0.15, -0.1) is 0 Å². The molecule has 1 saturated heterocycles. The van der Waals surface area contributed by atoms with Crippen LogP contribution in [-0.2, 0) is 9.59 Å². The molecule has 1 fully saturated rings. The van der Waals surface area contributed by atoms with Gasteiger partial charge in [0.15, 0.2) is 0 Å². The molecule has 0 radical (unpaired) electrons. The molecule has 0 aromatic rings. The highest BCUT2D eigenvalue weighted by Gasteiger charge is 2.24. The van der Waals surface area contributed by atoms with Gasteiger partial charge < -0.3 is 20.2 Å². The zero-order valence-electron chi connectivity index (χ0n) is 9.61. The van der Waals surface area contributed by atoms with Crippen molar-refractivity contribution in [2.75, 3.05) is 45.9 Å². The van der Waals surface area contributed by atoms with Crippen LogP contribution in [0.3, 0.4) is 0 Å². The van der Waals surface area contributed by atoms with Crippen molar-refractivity contribution in [1.29, 1.82) is 0 Å². The minimum atomic E-state index is -0.626. The van der Waals surface area contributed by atoms with Crippen molar-refractivity contribution in [2.24, 2.45) is 0 Å². The number of rotatable bonds is 3. The second kappa shape index (κ2) is 6.44. The number of nitrogens with one attached hydrogen (secondary N) is 1. The van der Waals surface area contributed by atoms with Crippen LogP contribution in [0.15, 0.2) is 0 Å². The molecule has 0 spiro atoms. The van der Waals surface area contributed by atoms with Crippen molar-refractivity contribution < 1.29 is 14.7 Å². The SMILES string of the molecule is CCN1CCN(C(=O)C(=O)NCCO)CC1. The van der Waals surface area contributed by atoms with Crippen LogP contribution in [0.4, 0.5) is 0 Å². The lowest BCUT2D eigenvalue weighted by atomic mass is 10.3. The maximum Gasteiger partial charge on any atom is 0.311 e. The number of carbonyl (C=O) groups is 2. The molecule has 6 heteroatoms. The van der Waals surface area contributed by atoms with Crippen LogP contribution < -0.4 is 5.32 Å². The zero-order valence-corrected chi connectivity index (χ0v) is 9.61. The summed E-state index contributed by atoms with van der Waals surface area (Å²) in [7, 11) is 0. The first-order chi connectivity index (χ1) is 7.69. The van der Waals surface area contributed by atoms with E-state index in [9.17, 15) is 9.59 Å². The van der Waals surface area contributed by atoms with E-state index in [1.807, 2.05) is 0 Å². The molecule has 0 saturated carbocycles. The van der Waals surface area contributed by atoms with Gasteiger partial charge in [-0.25, -0.2) is 0 Å². The van der Waals surface area contributed by atoms with E-state index in [4.69, 9.17) is 5.11 Å². The van der Waals surface area contributed by atoms with Crippen LogP contribution in [0.2, 0.25) is 0 Å². The fourth-order valence-electron chi connectivity index (χ4n) is 1.66. The molecule has 2 amide bonds. The summed E-state index contributed by atoms with van der Waals surface area (Å²) in [5.74, 6) is -1.12. The van der Waals surface area contributed by atoms with Gasteiger partial charge in [0.05, 0.1) is 6.61 Å². The van der Waals surface area contributed by atoms with E-state index in [1.165, 1.54) is 0 Å². The minimum absolute atomic E-state index is 0.125. The second-order valence-electron chi connectivity index (χ2n) is 3.71. The number of likely N-dealkylation sites (N-methyl/N-ethyl adjacent to an activating group) is 1. The molecule has 2 N–H and O–H groups in total. The molecule has 1 rings (SSSR count). The van der Waals surface area contributed by atoms with Crippen LogP contribution in [0.1, 0.15) is 6.92 Å². The summed E-state index contributed by atoms with van der Waals surface area (Å²) in [5.41, 5.74) is 0. The van der Waals surface area contributed by atoms with E-state index in [0.29, 0.717) is 13.1 Å². The van der Waals surface area contributed by atoms with Gasteiger partial charge in [-0.3, -0.25) is 9.59 Å². The predicted molar refractivity (Wildman–Crippen MR) is 58.8 cm³/mol. The Morgan fingerprint density at radius 3 is 2.38 bits per heavy atom. The predicted octanol–water partition coefficient (Wildman–Crippen LogP) is -1.74. The number of aliphatic hydroxyl groups is 1. The summed E-state index contributed by atoms with van der Waals surface area (Å²) in [6.45, 7) is 5.84. The highest BCUT2D eigenvalue weighted by atomic mass is 16.3. The lowest BCUT2D eigenvalue weighted by Crippen LogP contribution is -2.52. The largest absolute Gasteiger partial charge is 0.395 e. The highest BCUT2D eigenvalue weighted by molar-refractivity contribution is 6.35. The van der Waals surface area contributed by atoms with E-state index in [1.54, 1.807) is 4.90 Å². The number of amides is 2. The summed E-state index contributed by atoms with van der Waals surface area (Å²) < 4.78 is 0. The van der Waals surface area contributed by atoms with E-state index in [0.717, 1.165) is 19.6 Å². The summed E-state index contributed by atoms with van der Waals surface area (Å²) in [4.78, 5) is 26.7. The molecule has 1 aliphatic heterocycles. The molecular weight excluding hydrogens is 210 g/mol. The number of carbonyl (C=O) groups excluding carboxylic acids is 2. The molecule has 0 aromatic carbocycles. The molecule has 1 aliphatic rings. The van der Waals surface area contributed by atoms with Crippen molar-refractivity contribution in [3.05, 3.63) is 0 Å². The highest BCUT2D eigenvalue weighted by Crippen LogP contribution is 2.01. The molecule has 0 aliphatic carbocycles. The fourth-order valence-corrected chi connectivity index (χ4v) is 1.66. The Labute approximate surface area is 95.2 Å². The van der Waals surface area contributed by atoms with Crippen LogP contribution in [0.5, 0.6) is 0 Å².